The zero-order valence-electron chi connectivity index (χ0n) is 20.7. The number of nitrogens with one attached hydrogen (secondary N) is 1. The lowest BCUT2D eigenvalue weighted by Gasteiger charge is -2.37. The number of halogens is 2. The molecule has 0 amide bonds. The number of benzene rings is 3. The maximum absolute atomic E-state index is 13.5. The number of rotatable bonds is 9. The molecule has 3 aromatic carbocycles. The first kappa shape index (κ1) is 27.6. The van der Waals surface area contributed by atoms with E-state index in [2.05, 4.69) is 15.7 Å². The van der Waals surface area contributed by atoms with E-state index in [1.807, 2.05) is 24.3 Å². The molecule has 0 aliphatic carbocycles. The molecule has 0 aromatic heterocycles. The molecule has 0 atom stereocenters. The third-order valence-electron chi connectivity index (χ3n) is 6.66. The summed E-state index contributed by atoms with van der Waals surface area (Å²) in [5.41, 5.74) is 1.18. The van der Waals surface area contributed by atoms with Crippen molar-refractivity contribution in [2.24, 2.45) is 0 Å². The average Bonchev–Trinajstić information content (AvgIpc) is 2.90. The monoisotopic (exact) mass is 537 g/mol. The van der Waals surface area contributed by atoms with Crippen molar-refractivity contribution in [2.45, 2.75) is 24.5 Å². The van der Waals surface area contributed by atoms with Gasteiger partial charge in [0.25, 0.3) is 0 Å². The summed E-state index contributed by atoms with van der Waals surface area (Å²) in [6.07, 6.45) is 4.54. The van der Waals surface area contributed by atoms with Crippen LogP contribution < -0.4 is 4.72 Å². The maximum atomic E-state index is 13.5. The van der Waals surface area contributed by atoms with E-state index in [0.717, 1.165) is 5.56 Å². The molecule has 1 saturated heterocycles. The van der Waals surface area contributed by atoms with Crippen LogP contribution in [-0.4, -0.2) is 49.4 Å². The molecule has 0 spiro atoms. The minimum atomic E-state index is -3.97. The maximum Gasteiger partial charge on any atom is 0.215 e. The van der Waals surface area contributed by atoms with Crippen LogP contribution in [0.25, 0.3) is 6.08 Å². The molecule has 0 saturated carbocycles. The Labute approximate surface area is 221 Å². The Hall–Kier alpha value is -3.42. The Kier molecular flexibility index (Phi) is 8.69. The summed E-state index contributed by atoms with van der Waals surface area (Å²) in [4.78, 5) is 2.13. The molecule has 3 aromatic rings. The molecule has 1 aliphatic rings. The van der Waals surface area contributed by atoms with Crippen LogP contribution >= 0.6 is 0 Å². The highest BCUT2D eigenvalue weighted by Crippen LogP contribution is 2.27. The predicted octanol–water partition coefficient (Wildman–Crippen LogP) is 4.39. The third kappa shape index (κ3) is 7.55. The van der Waals surface area contributed by atoms with Gasteiger partial charge in [0.15, 0.2) is 0 Å². The van der Waals surface area contributed by atoms with Crippen LogP contribution in [0.15, 0.2) is 78.9 Å². The molecule has 2 N–H and O–H groups in total. The second-order valence-corrected chi connectivity index (χ2v) is 11.3. The summed E-state index contributed by atoms with van der Waals surface area (Å²) in [5.74, 6) is -1.39. The second-order valence-electron chi connectivity index (χ2n) is 9.57. The zero-order chi connectivity index (χ0) is 27.2. The summed E-state index contributed by atoms with van der Waals surface area (Å²) >= 11 is 0. The van der Waals surface area contributed by atoms with Crippen molar-refractivity contribution in [3.05, 3.63) is 113 Å². The van der Waals surface area contributed by atoms with Gasteiger partial charge >= 0.3 is 0 Å². The minimum Gasteiger partial charge on any atom is -0.389 e. The summed E-state index contributed by atoms with van der Waals surface area (Å²) in [6.45, 7) is 1.71. The Balaban J connectivity index is 1.37. The van der Waals surface area contributed by atoms with E-state index in [1.54, 1.807) is 12.1 Å². The largest absolute Gasteiger partial charge is 0.389 e. The normalized spacial score (nSPS) is 16.1. The smallest absolute Gasteiger partial charge is 0.215 e. The minimum absolute atomic E-state index is 0.288. The molecule has 4 rings (SSSR count). The van der Waals surface area contributed by atoms with Gasteiger partial charge in [-0.3, -0.25) is 4.90 Å². The first-order valence-corrected chi connectivity index (χ1v) is 13.9. The van der Waals surface area contributed by atoms with Gasteiger partial charge in [-0.05, 0) is 65.9 Å². The number of piperidine rings is 1. The molecular formula is C29H29F2N3O3S. The summed E-state index contributed by atoms with van der Waals surface area (Å²) in [6, 6.07) is 19.3. The lowest BCUT2D eigenvalue weighted by molar-refractivity contribution is 0.000271. The molecular weight excluding hydrogens is 508 g/mol. The van der Waals surface area contributed by atoms with Gasteiger partial charge in [-0.15, -0.1) is 0 Å². The van der Waals surface area contributed by atoms with Gasteiger partial charge in [-0.1, -0.05) is 48.6 Å². The number of hydrogen-bond acceptors (Lipinski definition) is 5. The SMILES string of the molecule is N#Cc1ccc(/C=C/CN2CCC(O)(CS(=O)(=O)NC(c3ccc(F)cc3)c3ccc(F)cc3)CC2)cc1. The van der Waals surface area contributed by atoms with Crippen LogP contribution in [0.3, 0.4) is 0 Å². The molecule has 198 valence electrons. The number of hydrogen-bond donors (Lipinski definition) is 2. The summed E-state index contributed by atoms with van der Waals surface area (Å²) < 4.78 is 56.0. The molecule has 1 fully saturated rings. The highest BCUT2D eigenvalue weighted by Gasteiger charge is 2.37. The van der Waals surface area contributed by atoms with Gasteiger partial charge in [0.1, 0.15) is 11.6 Å². The molecule has 0 radical (unpaired) electrons. The molecule has 1 aliphatic heterocycles. The summed E-state index contributed by atoms with van der Waals surface area (Å²) in [5, 5.41) is 20.0. The van der Waals surface area contributed by atoms with Crippen LogP contribution in [0.2, 0.25) is 0 Å². The van der Waals surface area contributed by atoms with Crippen molar-refractivity contribution in [1.29, 1.82) is 5.26 Å². The topological polar surface area (TPSA) is 93.4 Å². The zero-order valence-corrected chi connectivity index (χ0v) is 21.5. The van der Waals surface area contributed by atoms with E-state index in [0.29, 0.717) is 36.3 Å². The van der Waals surface area contributed by atoms with Crippen LogP contribution in [0.5, 0.6) is 0 Å². The average molecular weight is 538 g/mol. The van der Waals surface area contributed by atoms with Gasteiger partial charge in [0.2, 0.25) is 10.0 Å². The number of sulfonamides is 1. The Morgan fingerprint density at radius 3 is 1.97 bits per heavy atom. The number of aliphatic hydroxyl groups is 1. The van der Waals surface area contributed by atoms with Gasteiger partial charge in [0, 0.05) is 19.6 Å². The Morgan fingerprint density at radius 1 is 0.947 bits per heavy atom. The number of nitriles is 1. The van der Waals surface area contributed by atoms with Crippen LogP contribution in [-0.2, 0) is 10.0 Å². The third-order valence-corrected chi connectivity index (χ3v) is 8.18. The van der Waals surface area contributed by atoms with Crippen LogP contribution in [0.1, 0.15) is 41.1 Å². The number of likely N-dealkylation sites (tertiary alicyclic amines) is 1. The van der Waals surface area contributed by atoms with Gasteiger partial charge < -0.3 is 5.11 Å². The molecule has 0 unspecified atom stereocenters. The van der Waals surface area contributed by atoms with E-state index >= 15 is 0 Å². The Morgan fingerprint density at radius 2 is 1.47 bits per heavy atom. The van der Waals surface area contributed by atoms with E-state index in [9.17, 15) is 22.3 Å². The fourth-order valence-electron chi connectivity index (χ4n) is 4.52. The summed E-state index contributed by atoms with van der Waals surface area (Å²) in [7, 11) is -3.97. The molecule has 9 heteroatoms. The first-order chi connectivity index (χ1) is 18.1. The van der Waals surface area contributed by atoms with E-state index in [-0.39, 0.29) is 12.8 Å². The van der Waals surface area contributed by atoms with Crippen molar-refractivity contribution in [1.82, 2.24) is 9.62 Å². The van der Waals surface area contributed by atoms with Gasteiger partial charge in [-0.25, -0.2) is 21.9 Å². The quantitative estimate of drug-likeness (QED) is 0.423. The van der Waals surface area contributed by atoms with Crippen LogP contribution in [0, 0.1) is 23.0 Å². The highest BCUT2D eigenvalue weighted by atomic mass is 32.2. The molecule has 6 nitrogen and oxygen atoms in total. The van der Waals surface area contributed by atoms with Crippen molar-refractivity contribution in [2.75, 3.05) is 25.4 Å². The van der Waals surface area contributed by atoms with Gasteiger partial charge in [0.05, 0.1) is 29.0 Å². The predicted molar refractivity (Wildman–Crippen MR) is 142 cm³/mol. The molecule has 38 heavy (non-hydrogen) atoms. The van der Waals surface area contributed by atoms with Crippen molar-refractivity contribution < 1.29 is 22.3 Å². The van der Waals surface area contributed by atoms with E-state index < -0.39 is 39.1 Å². The standard InChI is InChI=1S/C29H29F2N3O3S/c30-26-11-7-24(8-12-26)28(25-9-13-27(31)14-10-25)33-38(36,37)21-29(35)15-18-34(19-16-29)17-1-2-22-3-5-23(20-32)6-4-22/h1-14,28,33,35H,15-19,21H2/b2-1+. The van der Waals surface area contributed by atoms with Crippen molar-refractivity contribution in [3.8, 4) is 6.07 Å². The van der Waals surface area contributed by atoms with Crippen molar-refractivity contribution >= 4 is 16.1 Å². The Bertz CT molecular complexity index is 1350. The van der Waals surface area contributed by atoms with E-state index in [4.69, 9.17) is 5.26 Å². The second kappa shape index (κ2) is 12.0. The highest BCUT2D eigenvalue weighted by molar-refractivity contribution is 7.89. The number of nitrogens with zero attached hydrogens (tertiary/aromatic N) is 2. The van der Waals surface area contributed by atoms with Gasteiger partial charge in [-0.2, -0.15) is 5.26 Å². The lowest BCUT2D eigenvalue weighted by atomic mass is 9.93. The van der Waals surface area contributed by atoms with E-state index in [1.165, 1.54) is 48.5 Å². The molecule has 0 bridgehead atoms. The fraction of sp³-hybridized carbons (Fsp3) is 0.276. The molecule has 1 heterocycles. The van der Waals surface area contributed by atoms with Crippen molar-refractivity contribution in [3.63, 3.8) is 0 Å². The van der Waals surface area contributed by atoms with Crippen LogP contribution in [0.4, 0.5) is 8.78 Å². The lowest BCUT2D eigenvalue weighted by Crippen LogP contribution is -2.50. The fourth-order valence-corrected chi connectivity index (χ4v) is 6.23. The first-order valence-electron chi connectivity index (χ1n) is 12.3.